The van der Waals surface area contributed by atoms with Gasteiger partial charge in [-0.25, -0.2) is 4.39 Å². The summed E-state index contributed by atoms with van der Waals surface area (Å²) in [5.41, 5.74) is 8.19. The van der Waals surface area contributed by atoms with Gasteiger partial charge < -0.3 is 14.5 Å². The van der Waals surface area contributed by atoms with E-state index in [0.29, 0.717) is 6.61 Å². The maximum Gasteiger partial charge on any atom is 0.162 e. The van der Waals surface area contributed by atoms with E-state index in [0.717, 1.165) is 70.7 Å². The van der Waals surface area contributed by atoms with Crippen LogP contribution in [0.3, 0.4) is 0 Å². The zero-order valence-corrected chi connectivity index (χ0v) is 49.5. The Bertz CT molecular complexity index is 2780. The van der Waals surface area contributed by atoms with Gasteiger partial charge in [0.1, 0.15) is 12.4 Å². The topological polar surface area (TPSA) is 37.5 Å². The maximum absolute atomic E-state index is 13.9. The predicted octanol–water partition coefficient (Wildman–Crippen LogP) is -10.1. The number of rotatable bonds is 27. The lowest BCUT2D eigenvalue weighted by Crippen LogP contribution is -2.94. The van der Waals surface area contributed by atoms with Gasteiger partial charge in [0.15, 0.2) is 11.5 Å². The van der Waals surface area contributed by atoms with E-state index in [-0.39, 0.29) is 17.9 Å². The minimum Gasteiger partial charge on any atom is -0.493 e. The summed E-state index contributed by atoms with van der Waals surface area (Å²) < 4.78 is 26.0. The van der Waals surface area contributed by atoms with E-state index in [1.165, 1.54) is 16.7 Å². The summed E-state index contributed by atoms with van der Waals surface area (Å²) in [6.07, 6.45) is -25.2. The largest absolute Gasteiger partial charge is 0.493 e. The van der Waals surface area contributed by atoms with Crippen molar-refractivity contribution in [2.45, 2.75) is 31.5 Å². The van der Waals surface area contributed by atoms with Crippen molar-refractivity contribution in [1.82, 2.24) is 9.88 Å². The molecule has 0 spiro atoms. The van der Waals surface area contributed by atoms with Crippen molar-refractivity contribution in [3.8, 4) is 11.5 Å². The van der Waals surface area contributed by atoms with Crippen molar-refractivity contribution < 1.29 is 13.9 Å². The molecular formula is C33H28B47ClFN2O2. The molecule has 0 fully saturated rings. The van der Waals surface area contributed by atoms with Crippen molar-refractivity contribution in [2.75, 3.05) is 13.7 Å². The van der Waals surface area contributed by atoms with Crippen molar-refractivity contribution in [2.24, 2.45) is 0 Å². The molecule has 0 saturated heterocycles. The lowest BCUT2D eigenvalue weighted by Gasteiger charge is -2.56. The summed E-state index contributed by atoms with van der Waals surface area (Å²) >= 11 is 6.45. The molecule has 4 aromatic carbocycles. The van der Waals surface area contributed by atoms with E-state index in [9.17, 15) is 4.39 Å². The molecule has 3 heterocycles. The molecule has 1 aromatic heterocycles. The normalized spacial score (nSPS) is 13.6. The Hall–Kier alpha value is -0.748. The van der Waals surface area contributed by atoms with Crippen LogP contribution in [0.2, 0.25) is 5.02 Å². The molecule has 0 amide bonds. The van der Waals surface area contributed by atoms with Crippen LogP contribution in [0.15, 0.2) is 84.9 Å². The number of aromatic amines is 1. The first-order chi connectivity index (χ1) is 40.5. The SMILES string of the molecule is COc1cc2c(cc1OCc1ccccc1)C1Cc3c([nH]c4ccc(Cl)cc34)C(c3ccc(F)cc3)N1CC2.[B][B]B([B])B(B([B])[B])B(B(B([B])[B])B([B])[B])B(B(B(B([B])[B])B([B])[B])B(B([B])[B])B([B])[B])B(B(B([B])[B])B([B])[B])B(B([B])[B])B([B])[B]. The van der Waals surface area contributed by atoms with Crippen LogP contribution >= 0.6 is 11.6 Å². The van der Waals surface area contributed by atoms with Crippen LogP contribution in [0, 0.1) is 5.82 Å². The number of fused-ring (bicyclic) bond motifs is 6. The maximum atomic E-state index is 13.9. The average Bonchev–Trinajstić information content (AvgIpc) is 1.30. The van der Waals surface area contributed by atoms with E-state index < -0.39 is 140 Å². The average molecular weight is 1050 g/mol. The minimum atomic E-state index is -1.30. The second kappa shape index (κ2) is 33.4. The van der Waals surface area contributed by atoms with Gasteiger partial charge >= 0.3 is 0 Å². The monoisotopic (exact) mass is 1060 g/mol. The van der Waals surface area contributed by atoms with Gasteiger partial charge in [0.05, 0.1) is 13.2 Å². The Kier molecular flexibility index (Phi) is 28.8. The summed E-state index contributed by atoms with van der Waals surface area (Å²) in [5, 5.41) is 1.86. The lowest BCUT2D eigenvalue weighted by atomic mass is 8.25. The highest BCUT2D eigenvalue weighted by molar-refractivity contribution is 8.34. The minimum absolute atomic E-state index is 0.0329. The van der Waals surface area contributed by atoms with Gasteiger partial charge in [-0.1, -0.05) is 54.1 Å². The third kappa shape index (κ3) is 17.3. The number of nitrogens with zero attached hydrogens (tertiary/aromatic N) is 1. The van der Waals surface area contributed by atoms with Crippen LogP contribution in [0.25, 0.3) is 10.9 Å². The number of halogens is 2. The van der Waals surface area contributed by atoms with E-state index in [2.05, 4.69) is 40.2 Å². The number of hydrogen-bond acceptors (Lipinski definition) is 3. The van der Waals surface area contributed by atoms with Gasteiger partial charge in [-0.05, 0) is 83.1 Å². The molecule has 2 atom stereocenters. The van der Waals surface area contributed by atoms with Gasteiger partial charge in [-0.2, -0.15) is 0 Å². The number of hydrogen-bond donors (Lipinski definition) is 1. The van der Waals surface area contributed by atoms with Gasteiger partial charge in [0, 0.05) is 367 Å². The Balaban J connectivity index is 0.000000278. The molecular weight excluding hydrogens is 1020 g/mol. The molecule has 86 heavy (non-hydrogen) atoms. The zero-order valence-electron chi connectivity index (χ0n) is 48.7. The number of methoxy groups -OCH3 is 1. The fourth-order valence-corrected chi connectivity index (χ4v) is 14.3. The number of nitrogens with one attached hydrogen (secondary N) is 1. The number of benzene rings is 4. The summed E-state index contributed by atoms with van der Waals surface area (Å²) in [6, 6.07) is 27.5. The second-order valence-corrected chi connectivity index (χ2v) is 23.7. The summed E-state index contributed by atoms with van der Waals surface area (Å²) in [5.74, 6) is 1.27. The smallest absolute Gasteiger partial charge is 0.162 e. The molecule has 2 unspecified atom stereocenters. The van der Waals surface area contributed by atoms with Crippen LogP contribution in [0.1, 0.15) is 45.6 Å². The molecule has 0 bridgehead atoms. The highest BCUT2D eigenvalue weighted by atomic mass is 35.5. The first kappa shape index (κ1) is 74.3. The van der Waals surface area contributed by atoms with E-state index in [4.69, 9.17) is 207 Å². The molecule has 7 rings (SSSR count). The van der Waals surface area contributed by atoms with Crippen LogP contribution < -0.4 is 9.47 Å². The molecule has 2 aliphatic heterocycles. The van der Waals surface area contributed by atoms with Crippen LogP contribution in [-0.2, 0) is 19.4 Å². The molecule has 53 heteroatoms. The molecule has 0 saturated carbocycles. The molecule has 5 aromatic rings. The van der Waals surface area contributed by atoms with Gasteiger partial charge in [-0.3, -0.25) is 4.90 Å². The van der Waals surface area contributed by atoms with Crippen LogP contribution in [-0.4, -0.2) is 357 Å². The Morgan fingerprint density at radius 3 is 1.42 bits per heavy atom. The number of ether oxygens (including phenoxy) is 2. The third-order valence-electron chi connectivity index (χ3n) is 17.7. The highest BCUT2D eigenvalue weighted by Crippen LogP contribution is 2.50. The lowest BCUT2D eigenvalue weighted by molar-refractivity contribution is 0.127. The quantitative estimate of drug-likeness (QED) is 0.0533. The van der Waals surface area contributed by atoms with Crippen LogP contribution in [0.5, 0.6) is 11.5 Å². The van der Waals surface area contributed by atoms with E-state index >= 15 is 0 Å². The Morgan fingerprint density at radius 2 is 0.988 bits per heavy atom. The number of H-pyrrole nitrogens is 1. The zero-order chi connectivity index (χ0) is 63.9. The second-order valence-electron chi connectivity index (χ2n) is 23.2. The highest BCUT2D eigenvalue weighted by Gasteiger charge is 2.59. The van der Waals surface area contributed by atoms with Gasteiger partial charge in [0.2, 0.25) is 0 Å². The van der Waals surface area contributed by atoms with Crippen molar-refractivity contribution in [3.05, 3.63) is 129 Å². The first-order valence-corrected chi connectivity index (χ1v) is 29.0. The molecule has 4 nitrogen and oxygen atoms in total. The Labute approximate surface area is 560 Å². The number of aromatic nitrogens is 1. The standard InChI is InChI=1S/C33H28ClFN2O2.B47/c1-38-30-15-22-13-14-37-29(25(22)18-31(30)39-19-20-5-3-2-4-6-20)17-27-26-16-23(34)9-12-28(26)36-32(27)33(37)21-7-10-24(35)11-8-21;1-25-37(24)43(36(22)23)46(42(34(18)19)35(20)21)47(44(38(26(2)3)27(4)5)39(28(6)7)29(8)9)45(40(30(10)11)31(12)13)41(32(14)15)33(16)17/h2-12,15-16,18,29,33,36H,13-14,17,19H2,1H3;. The summed E-state index contributed by atoms with van der Waals surface area (Å²) in [6.45, 7) is 1.34. The fraction of sp³-hybridized carbons (Fsp3) is 0.212. The molecule has 2 aliphatic rings. The molecule has 0 aliphatic carbocycles. The third-order valence-corrected chi connectivity index (χ3v) is 17.9. The van der Waals surface area contributed by atoms with Gasteiger partial charge in [-0.15, -0.1) is 0 Å². The Morgan fingerprint density at radius 1 is 0.547 bits per heavy atom. The van der Waals surface area contributed by atoms with Crippen molar-refractivity contribution in [3.63, 3.8) is 0 Å². The van der Waals surface area contributed by atoms with Gasteiger partial charge in [0.25, 0.3) is 0 Å². The molecule has 337 valence electrons. The molecule has 1 N–H and O–H groups in total. The predicted molar refractivity (Wildman–Crippen MR) is 423 cm³/mol. The first-order valence-electron chi connectivity index (χ1n) is 28.6. The van der Waals surface area contributed by atoms with E-state index in [1.54, 1.807) is 19.2 Å². The van der Waals surface area contributed by atoms with E-state index in [1.807, 2.05) is 42.5 Å². The molecule has 49 radical (unpaired) electrons. The van der Waals surface area contributed by atoms with Crippen molar-refractivity contribution >= 4 is 356 Å². The summed E-state index contributed by atoms with van der Waals surface area (Å²) in [4.78, 5) is 6.24. The van der Waals surface area contributed by atoms with Crippen molar-refractivity contribution in [1.29, 1.82) is 0 Å². The van der Waals surface area contributed by atoms with Crippen LogP contribution in [0.4, 0.5) is 4.39 Å². The fourth-order valence-electron chi connectivity index (χ4n) is 14.2. The summed E-state index contributed by atoms with van der Waals surface area (Å²) in [7, 11) is 156.